The third-order valence-corrected chi connectivity index (χ3v) is 4.88. The number of carbonyl (C=O) groups is 1. The van der Waals surface area contributed by atoms with Crippen LogP contribution in [0.25, 0.3) is 0 Å². The number of carbonyl (C=O) groups excluding carboxylic acids is 1. The van der Waals surface area contributed by atoms with Crippen molar-refractivity contribution in [2.24, 2.45) is 7.05 Å². The lowest BCUT2D eigenvalue weighted by atomic mass is 10.0. The van der Waals surface area contributed by atoms with Gasteiger partial charge in [-0.15, -0.1) is 0 Å². The Bertz CT molecular complexity index is 937. The Kier molecular flexibility index (Phi) is 5.34. The van der Waals surface area contributed by atoms with Gasteiger partial charge in [0.1, 0.15) is 18.4 Å². The van der Waals surface area contributed by atoms with Gasteiger partial charge in [0, 0.05) is 44.0 Å². The molecule has 7 nitrogen and oxygen atoms in total. The molecule has 144 valence electrons. The molecule has 0 radical (unpaired) electrons. The summed E-state index contributed by atoms with van der Waals surface area (Å²) in [5, 5.41) is 10.6. The summed E-state index contributed by atoms with van der Waals surface area (Å²) in [6, 6.07) is 13.1. The summed E-state index contributed by atoms with van der Waals surface area (Å²) in [5.74, 6) is 0.735. The molecule has 0 saturated carbocycles. The van der Waals surface area contributed by atoms with Crippen LogP contribution in [0.3, 0.4) is 0 Å². The molecule has 1 atom stereocenters. The zero-order chi connectivity index (χ0) is 19.3. The van der Waals surface area contributed by atoms with Gasteiger partial charge >= 0.3 is 0 Å². The number of ether oxygens (including phenoxy) is 1. The highest BCUT2D eigenvalue weighted by molar-refractivity contribution is 5.83. The predicted molar refractivity (Wildman–Crippen MR) is 105 cm³/mol. The molecule has 1 aliphatic rings. The Labute approximate surface area is 163 Å². The molecule has 1 aromatic carbocycles. The highest BCUT2D eigenvalue weighted by Gasteiger charge is 2.28. The van der Waals surface area contributed by atoms with Crippen LogP contribution in [0.1, 0.15) is 28.6 Å². The molecule has 0 fully saturated rings. The molecule has 3 aromatic rings. The number of benzene rings is 1. The summed E-state index contributed by atoms with van der Waals surface area (Å²) >= 11 is 0. The van der Waals surface area contributed by atoms with Gasteiger partial charge in [-0.1, -0.05) is 18.2 Å². The van der Waals surface area contributed by atoms with Crippen molar-refractivity contribution in [3.63, 3.8) is 0 Å². The summed E-state index contributed by atoms with van der Waals surface area (Å²) in [5.41, 5.74) is 3.98. The Morgan fingerprint density at radius 2 is 2.14 bits per heavy atom. The smallest absolute Gasteiger partial charge is 0.242 e. The molecule has 0 saturated heterocycles. The molecule has 0 aliphatic carbocycles. The Hall–Kier alpha value is -3.19. The van der Waals surface area contributed by atoms with E-state index in [1.165, 1.54) is 0 Å². The molecule has 1 aliphatic heterocycles. The maximum absolute atomic E-state index is 12.6. The number of pyridine rings is 1. The summed E-state index contributed by atoms with van der Waals surface area (Å²) < 4.78 is 7.59. The van der Waals surface area contributed by atoms with Crippen LogP contribution in [0.15, 0.2) is 54.9 Å². The fourth-order valence-corrected chi connectivity index (χ4v) is 3.34. The molecule has 4 rings (SSSR count). The Balaban J connectivity index is 1.31. The van der Waals surface area contributed by atoms with E-state index < -0.39 is 0 Å². The quantitative estimate of drug-likeness (QED) is 0.686. The highest BCUT2D eigenvalue weighted by atomic mass is 16.5. The summed E-state index contributed by atoms with van der Waals surface area (Å²) in [6.07, 6.45) is 4.41. The van der Waals surface area contributed by atoms with E-state index in [1.807, 2.05) is 54.2 Å². The maximum atomic E-state index is 12.6. The van der Waals surface area contributed by atoms with Crippen LogP contribution in [0, 0.1) is 0 Å². The van der Waals surface area contributed by atoms with Crippen LogP contribution >= 0.6 is 0 Å². The number of fused-ring (bicyclic) bond motifs is 1. The third-order valence-electron chi connectivity index (χ3n) is 4.88. The van der Waals surface area contributed by atoms with Crippen molar-refractivity contribution in [2.45, 2.75) is 25.6 Å². The van der Waals surface area contributed by atoms with Gasteiger partial charge in [0.05, 0.1) is 11.9 Å². The fourth-order valence-electron chi connectivity index (χ4n) is 3.34. The van der Waals surface area contributed by atoms with Crippen LogP contribution in [0.2, 0.25) is 0 Å². The number of hydrogen-bond acceptors (Lipinski definition) is 5. The molecule has 3 heterocycles. The van der Waals surface area contributed by atoms with Crippen LogP contribution in [0.5, 0.6) is 5.75 Å². The first-order chi connectivity index (χ1) is 13.7. The molecule has 7 heteroatoms. The second-order valence-electron chi connectivity index (χ2n) is 6.78. The number of aryl methyl sites for hydroxylation is 1. The first-order valence-corrected chi connectivity index (χ1v) is 9.34. The van der Waals surface area contributed by atoms with Gasteiger partial charge in [0.2, 0.25) is 5.91 Å². The van der Waals surface area contributed by atoms with Gasteiger partial charge in [-0.25, -0.2) is 0 Å². The lowest BCUT2D eigenvalue weighted by Crippen LogP contribution is -2.41. The van der Waals surface area contributed by atoms with Crippen LogP contribution in [-0.2, 0) is 31.4 Å². The average Bonchev–Trinajstić information content (AvgIpc) is 3.13. The molecule has 28 heavy (non-hydrogen) atoms. The van der Waals surface area contributed by atoms with E-state index in [4.69, 9.17) is 4.74 Å². The van der Waals surface area contributed by atoms with E-state index in [2.05, 4.69) is 20.7 Å². The highest BCUT2D eigenvalue weighted by Crippen LogP contribution is 2.22. The largest absolute Gasteiger partial charge is 0.487 e. The molecule has 0 spiro atoms. The van der Waals surface area contributed by atoms with Crippen molar-refractivity contribution in [1.82, 2.24) is 25.4 Å². The Morgan fingerprint density at radius 1 is 1.29 bits per heavy atom. The predicted octanol–water partition coefficient (Wildman–Crippen LogP) is 1.90. The number of rotatable bonds is 6. The fraction of sp³-hybridized carbons (Fsp3) is 0.286. The van der Waals surface area contributed by atoms with Gasteiger partial charge in [-0.05, 0) is 29.8 Å². The lowest BCUT2D eigenvalue weighted by Gasteiger charge is -2.23. The monoisotopic (exact) mass is 377 g/mol. The molecular formula is C21H23N5O2. The zero-order valence-electron chi connectivity index (χ0n) is 15.8. The second kappa shape index (κ2) is 8.22. The van der Waals surface area contributed by atoms with E-state index in [0.29, 0.717) is 13.2 Å². The number of nitrogens with one attached hydrogen (secondary N) is 2. The first-order valence-electron chi connectivity index (χ1n) is 9.34. The van der Waals surface area contributed by atoms with Crippen molar-refractivity contribution in [3.05, 3.63) is 77.4 Å². The van der Waals surface area contributed by atoms with E-state index in [9.17, 15) is 4.79 Å². The van der Waals surface area contributed by atoms with Gasteiger partial charge < -0.3 is 15.4 Å². The van der Waals surface area contributed by atoms with E-state index >= 15 is 0 Å². The molecule has 1 amide bonds. The van der Waals surface area contributed by atoms with Crippen molar-refractivity contribution in [2.75, 3.05) is 6.54 Å². The zero-order valence-corrected chi connectivity index (χ0v) is 15.8. The normalized spacial score (nSPS) is 15.7. The van der Waals surface area contributed by atoms with Crippen LogP contribution in [0.4, 0.5) is 0 Å². The minimum Gasteiger partial charge on any atom is -0.487 e. The number of aromatic nitrogens is 3. The first kappa shape index (κ1) is 18.2. The number of hydrogen-bond donors (Lipinski definition) is 2. The van der Waals surface area contributed by atoms with Crippen molar-refractivity contribution in [1.29, 1.82) is 0 Å². The average molecular weight is 377 g/mol. The minimum absolute atomic E-state index is 0.0376. The van der Waals surface area contributed by atoms with Gasteiger partial charge in [0.25, 0.3) is 0 Å². The Morgan fingerprint density at radius 3 is 2.93 bits per heavy atom. The number of nitrogens with zero attached hydrogens (tertiary/aromatic N) is 3. The molecule has 0 bridgehead atoms. The molecule has 2 aromatic heterocycles. The van der Waals surface area contributed by atoms with Crippen molar-refractivity contribution < 1.29 is 9.53 Å². The van der Waals surface area contributed by atoms with Crippen LogP contribution in [-0.4, -0.2) is 27.2 Å². The van der Waals surface area contributed by atoms with Gasteiger partial charge in [0.15, 0.2) is 0 Å². The van der Waals surface area contributed by atoms with Gasteiger partial charge in [-0.2, -0.15) is 5.10 Å². The van der Waals surface area contributed by atoms with E-state index in [-0.39, 0.29) is 11.9 Å². The van der Waals surface area contributed by atoms with E-state index in [0.717, 1.165) is 41.2 Å². The molecular weight excluding hydrogens is 354 g/mol. The minimum atomic E-state index is -0.349. The SMILES string of the molecule is Cn1ncc2c1CCNC2C(=O)NCc1ccc(OCc2ccccn2)cc1. The second-order valence-corrected chi connectivity index (χ2v) is 6.78. The number of amides is 1. The van der Waals surface area contributed by atoms with Crippen molar-refractivity contribution >= 4 is 5.91 Å². The summed E-state index contributed by atoms with van der Waals surface area (Å²) in [6.45, 7) is 1.66. The summed E-state index contributed by atoms with van der Waals surface area (Å²) in [4.78, 5) is 16.9. The summed E-state index contributed by atoms with van der Waals surface area (Å²) in [7, 11) is 1.91. The topological polar surface area (TPSA) is 81.1 Å². The van der Waals surface area contributed by atoms with Crippen molar-refractivity contribution in [3.8, 4) is 5.75 Å². The molecule has 1 unspecified atom stereocenters. The maximum Gasteiger partial charge on any atom is 0.242 e. The third kappa shape index (κ3) is 4.04. The van der Waals surface area contributed by atoms with Gasteiger partial charge in [-0.3, -0.25) is 14.5 Å². The van der Waals surface area contributed by atoms with Crippen LogP contribution < -0.4 is 15.4 Å². The lowest BCUT2D eigenvalue weighted by molar-refractivity contribution is -0.123. The molecule has 2 N–H and O–H groups in total. The van der Waals surface area contributed by atoms with E-state index in [1.54, 1.807) is 12.4 Å². The standard InChI is InChI=1S/C21H23N5O2/c1-26-19-9-11-23-20(18(19)13-25-26)21(27)24-12-15-5-7-17(8-6-15)28-14-16-4-2-3-10-22-16/h2-8,10,13,20,23H,9,11-12,14H2,1H3,(H,24,27).